The maximum absolute atomic E-state index is 12.4. The second-order valence-corrected chi connectivity index (χ2v) is 6.71. The summed E-state index contributed by atoms with van der Waals surface area (Å²) in [4.78, 5) is 52.5. The van der Waals surface area contributed by atoms with E-state index >= 15 is 0 Å². The molecule has 12 nitrogen and oxygen atoms in total. The lowest BCUT2D eigenvalue weighted by atomic mass is 10.4. The average Bonchev–Trinajstić information content (AvgIpc) is 3.30. The van der Waals surface area contributed by atoms with Crippen molar-refractivity contribution in [2.45, 2.75) is 26.4 Å². The summed E-state index contributed by atoms with van der Waals surface area (Å²) in [6, 6.07) is 1.69. The number of rotatable bonds is 6. The molecule has 0 saturated carbocycles. The van der Waals surface area contributed by atoms with E-state index in [-0.39, 0.29) is 23.8 Å². The van der Waals surface area contributed by atoms with Crippen LogP contribution >= 0.6 is 0 Å². The Morgan fingerprint density at radius 2 is 1.93 bits per heavy atom. The first-order valence-electron chi connectivity index (χ1n) is 8.80. The summed E-state index contributed by atoms with van der Waals surface area (Å²) in [5, 5.41) is 6.72. The summed E-state index contributed by atoms with van der Waals surface area (Å²) in [7, 11) is 2.82. The molecule has 0 aliphatic rings. The minimum absolute atomic E-state index is 0.0518. The average molecular weight is 403 g/mol. The van der Waals surface area contributed by atoms with E-state index in [4.69, 9.17) is 4.74 Å². The zero-order valence-corrected chi connectivity index (χ0v) is 16.4. The molecule has 0 radical (unpaired) electrons. The van der Waals surface area contributed by atoms with Crippen molar-refractivity contribution in [3.8, 4) is 0 Å². The third-order valence-corrected chi connectivity index (χ3v) is 4.31. The molecule has 1 amide bonds. The van der Waals surface area contributed by atoms with Gasteiger partial charge in [0.1, 0.15) is 12.4 Å². The molecule has 29 heavy (non-hydrogen) atoms. The Bertz CT molecular complexity index is 1200. The minimum atomic E-state index is -0.729. The van der Waals surface area contributed by atoms with E-state index in [1.54, 1.807) is 16.9 Å². The maximum Gasteiger partial charge on any atom is 0.332 e. The van der Waals surface area contributed by atoms with Gasteiger partial charge in [-0.05, 0) is 13.8 Å². The third-order valence-electron chi connectivity index (χ3n) is 4.31. The van der Waals surface area contributed by atoms with Crippen molar-refractivity contribution in [1.29, 1.82) is 0 Å². The first kappa shape index (κ1) is 20.0. The van der Waals surface area contributed by atoms with Crippen LogP contribution in [0.25, 0.3) is 11.2 Å². The summed E-state index contributed by atoms with van der Waals surface area (Å²) in [5.74, 6) is -0.756. The third kappa shape index (κ3) is 3.81. The second kappa shape index (κ2) is 7.73. The fraction of sp³-hybridized carbons (Fsp3) is 0.412. The molecule has 0 unspecified atom stereocenters. The van der Waals surface area contributed by atoms with Crippen molar-refractivity contribution in [1.82, 2.24) is 28.5 Å². The van der Waals surface area contributed by atoms with Gasteiger partial charge >= 0.3 is 11.7 Å². The van der Waals surface area contributed by atoms with E-state index in [9.17, 15) is 19.2 Å². The van der Waals surface area contributed by atoms with Crippen LogP contribution in [0, 0.1) is 0 Å². The van der Waals surface area contributed by atoms with E-state index in [2.05, 4.69) is 15.4 Å². The van der Waals surface area contributed by atoms with Gasteiger partial charge in [-0.15, -0.1) is 0 Å². The lowest BCUT2D eigenvalue weighted by molar-refractivity contribution is -0.147. The number of nitrogens with zero attached hydrogens (tertiary/aromatic N) is 6. The van der Waals surface area contributed by atoms with Crippen LogP contribution in [0.2, 0.25) is 0 Å². The number of fused-ring (bicyclic) bond motifs is 1. The number of hydrogen-bond donors (Lipinski definition) is 1. The zero-order chi connectivity index (χ0) is 21.3. The SMILES string of the molecule is CC(C)n1nccc1NC(=O)COC(=O)Cn1cnc2c1c(=O)n(C)c(=O)n2C. The van der Waals surface area contributed by atoms with Gasteiger partial charge in [0.15, 0.2) is 17.8 Å². The highest BCUT2D eigenvalue weighted by atomic mass is 16.5. The minimum Gasteiger partial charge on any atom is -0.454 e. The molecular formula is C17H21N7O5. The summed E-state index contributed by atoms with van der Waals surface area (Å²) >= 11 is 0. The van der Waals surface area contributed by atoms with Crippen molar-refractivity contribution in [2.24, 2.45) is 14.1 Å². The summed E-state index contributed by atoms with van der Waals surface area (Å²) < 4.78 is 10.0. The highest BCUT2D eigenvalue weighted by Crippen LogP contribution is 2.12. The largest absolute Gasteiger partial charge is 0.454 e. The number of esters is 1. The first-order chi connectivity index (χ1) is 13.7. The van der Waals surface area contributed by atoms with Crippen molar-refractivity contribution in [2.75, 3.05) is 11.9 Å². The summed E-state index contributed by atoms with van der Waals surface area (Å²) in [6.45, 7) is 3.00. The number of carbonyl (C=O) groups excluding carboxylic acids is 2. The highest BCUT2D eigenvalue weighted by molar-refractivity contribution is 5.92. The van der Waals surface area contributed by atoms with Gasteiger partial charge in [-0.25, -0.2) is 14.5 Å². The molecule has 0 saturated heterocycles. The molecule has 0 fully saturated rings. The lowest BCUT2D eigenvalue weighted by Crippen LogP contribution is -2.37. The van der Waals surface area contributed by atoms with Gasteiger partial charge in [-0.3, -0.25) is 23.5 Å². The molecular weight excluding hydrogens is 382 g/mol. The number of amides is 1. The Balaban J connectivity index is 1.67. The molecule has 12 heteroatoms. The Morgan fingerprint density at radius 1 is 1.21 bits per heavy atom. The Kier molecular flexibility index (Phi) is 5.35. The fourth-order valence-corrected chi connectivity index (χ4v) is 2.85. The number of ether oxygens (including phenoxy) is 1. The second-order valence-electron chi connectivity index (χ2n) is 6.71. The van der Waals surface area contributed by atoms with Gasteiger partial charge in [0.2, 0.25) is 0 Å². The van der Waals surface area contributed by atoms with Gasteiger partial charge in [0.05, 0.1) is 12.5 Å². The Hall–Kier alpha value is -3.70. The molecule has 3 aromatic heterocycles. The molecule has 0 aliphatic heterocycles. The first-order valence-corrected chi connectivity index (χ1v) is 8.80. The van der Waals surface area contributed by atoms with E-state index in [1.165, 1.54) is 29.6 Å². The number of anilines is 1. The monoisotopic (exact) mass is 403 g/mol. The molecule has 0 bridgehead atoms. The van der Waals surface area contributed by atoms with Crippen LogP contribution in [-0.4, -0.2) is 46.9 Å². The number of carbonyl (C=O) groups is 2. The van der Waals surface area contributed by atoms with Gasteiger partial charge in [0.25, 0.3) is 11.5 Å². The predicted octanol–water partition coefficient (Wildman–Crippen LogP) is -0.607. The van der Waals surface area contributed by atoms with E-state index < -0.39 is 29.7 Å². The van der Waals surface area contributed by atoms with Crippen molar-refractivity contribution in [3.63, 3.8) is 0 Å². The molecule has 3 aromatic rings. The van der Waals surface area contributed by atoms with Crippen LogP contribution in [0.4, 0.5) is 5.82 Å². The van der Waals surface area contributed by atoms with E-state index in [1.807, 2.05) is 13.8 Å². The highest BCUT2D eigenvalue weighted by Gasteiger charge is 2.17. The van der Waals surface area contributed by atoms with Crippen molar-refractivity contribution < 1.29 is 14.3 Å². The van der Waals surface area contributed by atoms with Gasteiger partial charge in [-0.1, -0.05) is 0 Å². The Labute approximate surface area is 164 Å². The Morgan fingerprint density at radius 3 is 2.62 bits per heavy atom. The molecule has 0 aliphatic carbocycles. The van der Waals surface area contributed by atoms with Crippen LogP contribution in [0.5, 0.6) is 0 Å². The fourth-order valence-electron chi connectivity index (χ4n) is 2.85. The number of aryl methyl sites for hydroxylation is 1. The van der Waals surface area contributed by atoms with Gasteiger partial charge in [-0.2, -0.15) is 5.10 Å². The van der Waals surface area contributed by atoms with Crippen LogP contribution < -0.4 is 16.6 Å². The molecule has 3 rings (SSSR count). The number of imidazole rings is 1. The lowest BCUT2D eigenvalue weighted by Gasteiger charge is -2.12. The van der Waals surface area contributed by atoms with Crippen LogP contribution in [-0.2, 0) is 35.0 Å². The normalized spacial score (nSPS) is 11.2. The van der Waals surface area contributed by atoms with E-state index in [0.717, 1.165) is 4.57 Å². The van der Waals surface area contributed by atoms with Crippen LogP contribution in [0.15, 0.2) is 28.2 Å². The summed E-state index contributed by atoms with van der Waals surface area (Å²) in [5.41, 5.74) is -0.844. The van der Waals surface area contributed by atoms with Crippen LogP contribution in [0.3, 0.4) is 0 Å². The van der Waals surface area contributed by atoms with Crippen molar-refractivity contribution in [3.05, 3.63) is 39.4 Å². The molecule has 0 atom stereocenters. The maximum atomic E-state index is 12.4. The molecule has 0 spiro atoms. The standard InChI is InChI=1S/C17H21N7O5/c1-10(2)24-11(5-6-19-24)20-12(25)8-29-13(26)7-23-9-18-15-14(23)16(27)22(4)17(28)21(15)3/h5-6,9-10H,7-8H2,1-4H3,(H,20,25). The van der Waals surface area contributed by atoms with Crippen molar-refractivity contribution >= 4 is 28.9 Å². The van der Waals surface area contributed by atoms with Gasteiger partial charge in [0, 0.05) is 26.2 Å². The van der Waals surface area contributed by atoms with Crippen LogP contribution in [0.1, 0.15) is 19.9 Å². The number of nitrogens with one attached hydrogen (secondary N) is 1. The number of hydrogen-bond acceptors (Lipinski definition) is 7. The zero-order valence-electron chi connectivity index (χ0n) is 16.4. The molecule has 3 heterocycles. The van der Waals surface area contributed by atoms with Gasteiger partial charge < -0.3 is 14.6 Å². The van der Waals surface area contributed by atoms with E-state index in [0.29, 0.717) is 5.82 Å². The quantitative estimate of drug-likeness (QED) is 0.543. The predicted molar refractivity (Wildman–Crippen MR) is 102 cm³/mol. The molecule has 0 aromatic carbocycles. The summed E-state index contributed by atoms with van der Waals surface area (Å²) in [6.07, 6.45) is 2.83. The smallest absolute Gasteiger partial charge is 0.332 e. The molecule has 154 valence electrons. The molecule has 1 N–H and O–H groups in total. The topological polar surface area (TPSA) is 135 Å². The number of aromatic nitrogens is 6.